The summed E-state index contributed by atoms with van der Waals surface area (Å²) in [6.45, 7) is 5.27. The Kier molecular flexibility index (Phi) is 4.59. The first-order valence-electron chi connectivity index (χ1n) is 6.62. The van der Waals surface area contributed by atoms with Crippen LogP contribution in [0.5, 0.6) is 0 Å². The minimum absolute atomic E-state index is 0.403. The van der Waals surface area contributed by atoms with Crippen LogP contribution in [0.25, 0.3) is 0 Å². The molecule has 1 N–H and O–H groups in total. The van der Waals surface area contributed by atoms with Crippen LogP contribution in [0.2, 0.25) is 0 Å². The van der Waals surface area contributed by atoms with E-state index in [9.17, 15) is 0 Å². The van der Waals surface area contributed by atoms with Crippen molar-refractivity contribution in [3.63, 3.8) is 0 Å². The van der Waals surface area contributed by atoms with Gasteiger partial charge in [0.2, 0.25) is 0 Å². The number of nitrogens with one attached hydrogen (secondary N) is 1. The molecule has 0 saturated carbocycles. The van der Waals surface area contributed by atoms with Crippen LogP contribution in [-0.4, -0.2) is 6.54 Å². The van der Waals surface area contributed by atoms with E-state index in [-0.39, 0.29) is 0 Å². The average Bonchev–Trinajstić information content (AvgIpc) is 2.87. The lowest BCUT2D eigenvalue weighted by molar-refractivity contribution is 0.458. The third-order valence-corrected chi connectivity index (χ3v) is 3.15. The van der Waals surface area contributed by atoms with Gasteiger partial charge in [0.05, 0.1) is 6.26 Å². The van der Waals surface area contributed by atoms with Gasteiger partial charge in [-0.2, -0.15) is 0 Å². The lowest BCUT2D eigenvalue weighted by Gasteiger charge is -2.18. The molecule has 2 rings (SSSR count). The predicted molar refractivity (Wildman–Crippen MR) is 74.6 cm³/mol. The minimum atomic E-state index is 0.403. The number of aryl methyl sites for hydroxylation is 2. The fourth-order valence-corrected chi connectivity index (χ4v) is 2.26. The maximum Gasteiger partial charge on any atom is 0.103 e. The van der Waals surface area contributed by atoms with Crippen molar-refractivity contribution in [3.8, 4) is 0 Å². The van der Waals surface area contributed by atoms with Crippen LogP contribution < -0.4 is 5.32 Å². The molecule has 0 fully saturated rings. The van der Waals surface area contributed by atoms with E-state index in [0.717, 1.165) is 25.1 Å². The third kappa shape index (κ3) is 3.47. The summed E-state index contributed by atoms with van der Waals surface area (Å²) < 4.78 is 5.39. The zero-order valence-electron chi connectivity index (χ0n) is 11.1. The molecule has 1 unspecified atom stereocenters. The van der Waals surface area contributed by atoms with Crippen LogP contribution in [0.4, 0.5) is 0 Å². The molecule has 0 bridgehead atoms. The lowest BCUT2D eigenvalue weighted by Crippen LogP contribution is -2.21. The van der Waals surface area contributed by atoms with Gasteiger partial charge >= 0.3 is 0 Å². The highest BCUT2D eigenvalue weighted by atomic mass is 16.3. The number of benzene rings is 1. The molecule has 0 saturated heterocycles. The van der Waals surface area contributed by atoms with Crippen molar-refractivity contribution in [2.24, 2.45) is 0 Å². The molecule has 0 spiro atoms. The zero-order chi connectivity index (χ0) is 12.8. The lowest BCUT2D eigenvalue weighted by atomic mass is 9.99. The number of hydrogen-bond acceptors (Lipinski definition) is 2. The van der Waals surface area contributed by atoms with Gasteiger partial charge in [-0.15, -0.1) is 0 Å². The molecule has 2 nitrogen and oxygen atoms in total. The summed E-state index contributed by atoms with van der Waals surface area (Å²) in [6, 6.07) is 13.1. The molecule has 1 atom stereocenters. The molecule has 2 heteroatoms. The van der Waals surface area contributed by atoms with Crippen LogP contribution in [0, 0.1) is 6.92 Å². The first kappa shape index (κ1) is 12.9. The summed E-state index contributed by atoms with van der Waals surface area (Å²) in [4.78, 5) is 0. The Hall–Kier alpha value is -1.54. The average molecular weight is 243 g/mol. The Labute approximate surface area is 109 Å². The van der Waals surface area contributed by atoms with Gasteiger partial charge in [-0.1, -0.05) is 36.8 Å². The highest BCUT2D eigenvalue weighted by molar-refractivity contribution is 5.25. The van der Waals surface area contributed by atoms with E-state index in [1.165, 1.54) is 11.1 Å². The summed E-state index contributed by atoms with van der Waals surface area (Å²) in [5, 5.41) is 3.55. The van der Waals surface area contributed by atoms with Crippen molar-refractivity contribution in [2.45, 2.75) is 32.7 Å². The molecular weight excluding hydrogens is 222 g/mol. The van der Waals surface area contributed by atoms with Gasteiger partial charge in [0, 0.05) is 12.5 Å². The topological polar surface area (TPSA) is 25.2 Å². The molecule has 96 valence electrons. The molecule has 1 aromatic heterocycles. The number of rotatable bonds is 6. The second-order valence-corrected chi connectivity index (χ2v) is 4.64. The Morgan fingerprint density at radius 3 is 2.78 bits per heavy atom. The zero-order valence-corrected chi connectivity index (χ0v) is 11.1. The normalized spacial score (nSPS) is 12.6. The van der Waals surface area contributed by atoms with Crippen LogP contribution in [0.1, 0.15) is 36.3 Å². The van der Waals surface area contributed by atoms with E-state index < -0.39 is 0 Å². The van der Waals surface area contributed by atoms with E-state index in [1.807, 2.05) is 12.1 Å². The maximum absolute atomic E-state index is 5.39. The van der Waals surface area contributed by atoms with Crippen molar-refractivity contribution in [1.29, 1.82) is 0 Å². The van der Waals surface area contributed by atoms with Crippen molar-refractivity contribution in [2.75, 3.05) is 6.54 Å². The quantitative estimate of drug-likeness (QED) is 0.833. The van der Waals surface area contributed by atoms with Crippen LogP contribution in [0.15, 0.2) is 47.1 Å². The molecule has 2 aromatic rings. The Bertz CT molecular complexity index is 462. The van der Waals surface area contributed by atoms with E-state index in [4.69, 9.17) is 4.42 Å². The smallest absolute Gasteiger partial charge is 0.103 e. The summed E-state index contributed by atoms with van der Waals surface area (Å²) >= 11 is 0. The highest BCUT2D eigenvalue weighted by Gasteiger charge is 2.11. The largest absolute Gasteiger partial charge is 0.469 e. The summed E-state index contributed by atoms with van der Waals surface area (Å²) in [5.41, 5.74) is 2.68. The molecular formula is C16H21NO. The van der Waals surface area contributed by atoms with Crippen molar-refractivity contribution < 1.29 is 4.42 Å². The summed E-state index contributed by atoms with van der Waals surface area (Å²) in [7, 11) is 0. The van der Waals surface area contributed by atoms with Gasteiger partial charge in [0.1, 0.15) is 5.76 Å². The molecule has 18 heavy (non-hydrogen) atoms. The maximum atomic E-state index is 5.39. The van der Waals surface area contributed by atoms with Gasteiger partial charge in [0.15, 0.2) is 0 Å². The summed E-state index contributed by atoms with van der Waals surface area (Å²) in [6.07, 6.45) is 3.77. The molecule has 0 amide bonds. The molecule has 0 aliphatic rings. The van der Waals surface area contributed by atoms with Crippen LogP contribution in [-0.2, 0) is 6.42 Å². The van der Waals surface area contributed by atoms with Gasteiger partial charge in [0.25, 0.3) is 0 Å². The predicted octanol–water partition coefficient (Wildman–Crippen LogP) is 3.87. The second-order valence-electron chi connectivity index (χ2n) is 4.64. The first-order chi connectivity index (χ1) is 8.79. The molecule has 1 heterocycles. The SMILES string of the molecule is CCNC(CCc1ccco1)c1cccc(C)c1. The van der Waals surface area contributed by atoms with E-state index in [2.05, 4.69) is 43.4 Å². The summed E-state index contributed by atoms with van der Waals surface area (Å²) in [5.74, 6) is 1.06. The van der Waals surface area contributed by atoms with E-state index >= 15 is 0 Å². The Balaban J connectivity index is 2.03. The third-order valence-electron chi connectivity index (χ3n) is 3.15. The second kappa shape index (κ2) is 6.41. The van der Waals surface area contributed by atoms with Crippen molar-refractivity contribution in [1.82, 2.24) is 5.32 Å². The standard InChI is InChI=1S/C16H21NO/c1-3-17-16(10-9-15-8-5-11-18-15)14-7-4-6-13(2)12-14/h4-8,11-12,16-17H,3,9-10H2,1-2H3. The fraction of sp³-hybridized carbons (Fsp3) is 0.375. The van der Waals surface area contributed by atoms with Gasteiger partial charge in [-0.25, -0.2) is 0 Å². The van der Waals surface area contributed by atoms with Crippen LogP contribution in [0.3, 0.4) is 0 Å². The minimum Gasteiger partial charge on any atom is -0.469 e. The number of furan rings is 1. The highest BCUT2D eigenvalue weighted by Crippen LogP contribution is 2.20. The molecule has 0 aliphatic heterocycles. The molecule has 0 aliphatic carbocycles. The van der Waals surface area contributed by atoms with Crippen LogP contribution >= 0.6 is 0 Å². The van der Waals surface area contributed by atoms with Crippen molar-refractivity contribution in [3.05, 3.63) is 59.5 Å². The number of hydrogen-bond donors (Lipinski definition) is 1. The van der Waals surface area contributed by atoms with Gasteiger partial charge < -0.3 is 9.73 Å². The van der Waals surface area contributed by atoms with Crippen molar-refractivity contribution >= 4 is 0 Å². The Morgan fingerprint density at radius 2 is 2.11 bits per heavy atom. The molecule has 0 radical (unpaired) electrons. The Morgan fingerprint density at radius 1 is 1.22 bits per heavy atom. The van der Waals surface area contributed by atoms with E-state index in [0.29, 0.717) is 6.04 Å². The monoisotopic (exact) mass is 243 g/mol. The first-order valence-corrected chi connectivity index (χ1v) is 6.62. The fourth-order valence-electron chi connectivity index (χ4n) is 2.26. The van der Waals surface area contributed by atoms with Gasteiger partial charge in [-0.3, -0.25) is 0 Å². The molecule has 1 aromatic carbocycles. The van der Waals surface area contributed by atoms with Gasteiger partial charge in [-0.05, 0) is 37.6 Å². The van der Waals surface area contributed by atoms with E-state index in [1.54, 1.807) is 6.26 Å².